The van der Waals surface area contributed by atoms with Gasteiger partial charge >= 0.3 is 0 Å². The smallest absolute Gasteiger partial charge is 0.277 e. The summed E-state index contributed by atoms with van der Waals surface area (Å²) in [6, 6.07) is 0. The van der Waals surface area contributed by atoms with Gasteiger partial charge in [0, 0.05) is 18.5 Å². The van der Waals surface area contributed by atoms with E-state index >= 15 is 0 Å². The number of hydrogen-bond acceptors (Lipinski definition) is 3. The fraction of sp³-hybridized carbons (Fsp3) is 0.857. The zero-order chi connectivity index (χ0) is 16.3. The molecule has 0 saturated carbocycles. The van der Waals surface area contributed by atoms with Gasteiger partial charge in [0.1, 0.15) is 0 Å². The molecule has 122 valence electrons. The Morgan fingerprint density at radius 3 is 2.48 bits per heavy atom. The summed E-state index contributed by atoms with van der Waals surface area (Å²) in [6.45, 7) is 4.80. The van der Waals surface area contributed by atoms with Crippen LogP contribution in [-0.2, 0) is 9.59 Å². The van der Waals surface area contributed by atoms with Crippen LogP contribution in [0.15, 0.2) is 0 Å². The van der Waals surface area contributed by atoms with E-state index in [9.17, 15) is 18.4 Å². The number of amides is 2. The number of nitrogens with zero attached hydrogens (tertiary/aromatic N) is 1. The van der Waals surface area contributed by atoms with Gasteiger partial charge in [-0.05, 0) is 12.8 Å². The second-order valence-electron chi connectivity index (χ2n) is 6.62. The standard InChI is InChI=1S/C14H25F2N3O2/c1-13(2,3)12(21)19-6-4-5-10(7-19)11(20)18-9-14(15,16)8-17/h10H,4-9,17H2,1-3H3,(H,18,20). The quantitative estimate of drug-likeness (QED) is 0.813. The summed E-state index contributed by atoms with van der Waals surface area (Å²) in [4.78, 5) is 25.8. The fourth-order valence-electron chi connectivity index (χ4n) is 2.28. The highest BCUT2D eigenvalue weighted by atomic mass is 19.3. The van der Waals surface area contributed by atoms with Gasteiger partial charge in [-0.3, -0.25) is 9.59 Å². The monoisotopic (exact) mass is 305 g/mol. The van der Waals surface area contributed by atoms with Crippen LogP contribution in [0, 0.1) is 11.3 Å². The highest BCUT2D eigenvalue weighted by Gasteiger charge is 2.34. The SMILES string of the molecule is CC(C)(C)C(=O)N1CCCC(C(=O)NCC(F)(F)CN)C1. The molecule has 1 atom stereocenters. The molecule has 0 spiro atoms. The van der Waals surface area contributed by atoms with E-state index in [1.165, 1.54) is 0 Å². The highest BCUT2D eigenvalue weighted by molar-refractivity contribution is 5.83. The van der Waals surface area contributed by atoms with Crippen LogP contribution >= 0.6 is 0 Å². The van der Waals surface area contributed by atoms with Gasteiger partial charge in [-0.2, -0.15) is 0 Å². The highest BCUT2D eigenvalue weighted by Crippen LogP contribution is 2.23. The van der Waals surface area contributed by atoms with Crippen molar-refractivity contribution < 1.29 is 18.4 Å². The third-order valence-corrected chi connectivity index (χ3v) is 3.54. The molecular formula is C14H25F2N3O2. The summed E-state index contributed by atoms with van der Waals surface area (Å²) >= 11 is 0. The van der Waals surface area contributed by atoms with Crippen LogP contribution in [0.5, 0.6) is 0 Å². The minimum atomic E-state index is -3.09. The predicted molar refractivity (Wildman–Crippen MR) is 75.8 cm³/mol. The second kappa shape index (κ2) is 6.68. The van der Waals surface area contributed by atoms with Crippen molar-refractivity contribution in [3.63, 3.8) is 0 Å². The van der Waals surface area contributed by atoms with Gasteiger partial charge in [0.25, 0.3) is 5.92 Å². The van der Waals surface area contributed by atoms with Crippen LogP contribution in [-0.4, -0.2) is 48.8 Å². The minimum absolute atomic E-state index is 0.0210. The van der Waals surface area contributed by atoms with Crippen LogP contribution in [0.4, 0.5) is 8.78 Å². The van der Waals surface area contributed by atoms with Gasteiger partial charge in [0.15, 0.2) is 0 Å². The maximum atomic E-state index is 13.0. The third kappa shape index (κ3) is 5.22. The lowest BCUT2D eigenvalue weighted by Gasteiger charge is -2.36. The van der Waals surface area contributed by atoms with Gasteiger partial charge < -0.3 is 16.0 Å². The van der Waals surface area contributed by atoms with Gasteiger partial charge in [0.05, 0.1) is 19.0 Å². The van der Waals surface area contributed by atoms with Crippen LogP contribution in [0.1, 0.15) is 33.6 Å². The first-order valence-electron chi connectivity index (χ1n) is 7.22. The Labute approximate surface area is 124 Å². The first-order valence-corrected chi connectivity index (χ1v) is 7.22. The molecule has 1 fully saturated rings. The molecule has 2 amide bonds. The van der Waals surface area contributed by atoms with Crippen molar-refractivity contribution in [1.29, 1.82) is 0 Å². The van der Waals surface area contributed by atoms with Crippen molar-refractivity contribution in [2.45, 2.75) is 39.5 Å². The predicted octanol–water partition coefficient (Wildman–Crippen LogP) is 0.981. The molecule has 1 saturated heterocycles. The normalized spacial score (nSPS) is 20.3. The molecule has 0 aromatic heterocycles. The Balaban J connectivity index is 2.56. The lowest BCUT2D eigenvalue weighted by molar-refractivity contribution is -0.143. The van der Waals surface area contributed by atoms with Crippen molar-refractivity contribution in [3.8, 4) is 0 Å². The van der Waals surface area contributed by atoms with Gasteiger partial charge in [-0.25, -0.2) is 8.78 Å². The summed E-state index contributed by atoms with van der Waals surface area (Å²) in [7, 11) is 0. The maximum Gasteiger partial charge on any atom is 0.277 e. The van der Waals surface area contributed by atoms with Gasteiger partial charge in [0.2, 0.25) is 11.8 Å². The summed E-state index contributed by atoms with van der Waals surface area (Å²) in [5.74, 6) is -3.98. The first kappa shape index (κ1) is 17.8. The molecule has 1 heterocycles. The zero-order valence-electron chi connectivity index (χ0n) is 12.9. The Bertz CT molecular complexity index is 394. The van der Waals surface area contributed by atoms with E-state index in [0.717, 1.165) is 0 Å². The molecule has 1 rings (SSSR count). The number of nitrogens with two attached hydrogens (primary N) is 1. The average molecular weight is 305 g/mol. The van der Waals surface area contributed by atoms with Crippen molar-refractivity contribution >= 4 is 11.8 Å². The van der Waals surface area contributed by atoms with E-state index in [-0.39, 0.29) is 12.5 Å². The molecule has 7 heteroatoms. The number of hydrogen-bond donors (Lipinski definition) is 2. The van der Waals surface area contributed by atoms with Crippen molar-refractivity contribution in [2.75, 3.05) is 26.2 Å². The van der Waals surface area contributed by atoms with Crippen molar-refractivity contribution in [1.82, 2.24) is 10.2 Å². The number of piperidine rings is 1. The molecule has 1 aliphatic rings. The number of rotatable bonds is 4. The third-order valence-electron chi connectivity index (χ3n) is 3.54. The summed E-state index contributed by atoms with van der Waals surface area (Å²) in [6.07, 6.45) is 1.31. The molecular weight excluding hydrogens is 280 g/mol. The Morgan fingerprint density at radius 1 is 1.33 bits per heavy atom. The molecule has 0 aromatic carbocycles. The number of halogens is 2. The van der Waals surface area contributed by atoms with E-state index in [4.69, 9.17) is 5.73 Å². The average Bonchev–Trinajstić information content (AvgIpc) is 2.43. The second-order valence-corrected chi connectivity index (χ2v) is 6.62. The largest absolute Gasteiger partial charge is 0.350 e. The van der Waals surface area contributed by atoms with Crippen LogP contribution in [0.25, 0.3) is 0 Å². The number of nitrogens with one attached hydrogen (secondary N) is 1. The lowest BCUT2D eigenvalue weighted by atomic mass is 9.91. The van der Waals surface area contributed by atoms with Gasteiger partial charge in [-0.1, -0.05) is 20.8 Å². The Morgan fingerprint density at radius 2 is 1.95 bits per heavy atom. The van der Waals surface area contributed by atoms with E-state index in [1.54, 1.807) is 4.90 Å². The topological polar surface area (TPSA) is 75.4 Å². The lowest BCUT2D eigenvalue weighted by Crippen LogP contribution is -2.50. The number of carbonyl (C=O) groups is 2. The molecule has 0 radical (unpaired) electrons. The first-order chi connectivity index (χ1) is 9.57. The minimum Gasteiger partial charge on any atom is -0.350 e. The zero-order valence-corrected chi connectivity index (χ0v) is 12.9. The van der Waals surface area contributed by atoms with Crippen LogP contribution < -0.4 is 11.1 Å². The number of carbonyl (C=O) groups excluding carboxylic acids is 2. The Hall–Kier alpha value is -1.24. The maximum absolute atomic E-state index is 13.0. The van der Waals surface area contributed by atoms with E-state index < -0.39 is 36.3 Å². The molecule has 5 nitrogen and oxygen atoms in total. The molecule has 1 aliphatic heterocycles. The molecule has 0 aromatic rings. The van der Waals surface area contributed by atoms with Crippen LogP contribution in [0.2, 0.25) is 0 Å². The number of alkyl halides is 2. The van der Waals surface area contributed by atoms with E-state index in [0.29, 0.717) is 19.4 Å². The summed E-state index contributed by atoms with van der Waals surface area (Å²) in [5, 5.41) is 2.23. The molecule has 0 aliphatic carbocycles. The molecule has 0 bridgehead atoms. The molecule has 3 N–H and O–H groups in total. The van der Waals surface area contributed by atoms with E-state index in [2.05, 4.69) is 5.32 Å². The number of likely N-dealkylation sites (tertiary alicyclic amines) is 1. The van der Waals surface area contributed by atoms with Crippen molar-refractivity contribution in [3.05, 3.63) is 0 Å². The van der Waals surface area contributed by atoms with Crippen molar-refractivity contribution in [2.24, 2.45) is 17.1 Å². The molecule has 1 unspecified atom stereocenters. The summed E-state index contributed by atoms with van der Waals surface area (Å²) < 4.78 is 26.1. The Kier molecular flexibility index (Phi) is 5.67. The van der Waals surface area contributed by atoms with E-state index in [1.807, 2.05) is 20.8 Å². The fourth-order valence-corrected chi connectivity index (χ4v) is 2.28. The molecule has 21 heavy (non-hydrogen) atoms. The summed E-state index contributed by atoms with van der Waals surface area (Å²) in [5.41, 5.74) is 4.42. The van der Waals surface area contributed by atoms with Gasteiger partial charge in [-0.15, -0.1) is 0 Å². The van der Waals surface area contributed by atoms with Crippen LogP contribution in [0.3, 0.4) is 0 Å².